The third kappa shape index (κ3) is 5.19. The van der Waals surface area contributed by atoms with Gasteiger partial charge in [-0.15, -0.1) is 0 Å². The van der Waals surface area contributed by atoms with Crippen LogP contribution in [0.1, 0.15) is 64.6 Å². The zero-order chi connectivity index (χ0) is 27.1. The Balaban J connectivity index is 1.32. The minimum absolute atomic E-state index is 0.0391. The molecule has 6 rings (SSSR count). The van der Waals surface area contributed by atoms with Crippen LogP contribution in [0.3, 0.4) is 0 Å². The number of benzene rings is 1. The Morgan fingerprint density at radius 3 is 2.82 bits per heavy atom. The molecule has 0 aliphatic carbocycles. The van der Waals surface area contributed by atoms with E-state index >= 15 is 0 Å². The van der Waals surface area contributed by atoms with E-state index in [9.17, 15) is 9.18 Å². The molecule has 0 spiro atoms. The number of halogens is 1. The number of hydrogen-bond donors (Lipinski definition) is 2. The number of carbonyl (C=O) groups is 1. The van der Waals surface area contributed by atoms with Crippen LogP contribution in [0.5, 0.6) is 0 Å². The molecule has 8 heteroatoms. The molecule has 0 radical (unpaired) electrons. The number of likely N-dealkylation sites (tertiary alicyclic amines) is 1. The van der Waals surface area contributed by atoms with Gasteiger partial charge in [0.2, 0.25) is 0 Å². The molecule has 39 heavy (non-hydrogen) atoms. The first kappa shape index (κ1) is 25.3. The average Bonchev–Trinajstić information content (AvgIpc) is 3.61. The second-order valence-electron chi connectivity index (χ2n) is 11.2. The highest BCUT2D eigenvalue weighted by molar-refractivity contribution is 5.93. The quantitative estimate of drug-likeness (QED) is 0.384. The molecule has 2 aliphatic heterocycles. The fourth-order valence-electron chi connectivity index (χ4n) is 5.60. The highest BCUT2D eigenvalue weighted by Crippen LogP contribution is 2.31. The maximum atomic E-state index is 14.3. The van der Waals surface area contributed by atoms with Crippen LogP contribution in [0, 0.1) is 24.2 Å². The molecule has 5 heterocycles. The van der Waals surface area contributed by atoms with E-state index < -0.39 is 12.2 Å². The summed E-state index contributed by atoms with van der Waals surface area (Å²) in [5.74, 6) is 6.47. The number of pyridine rings is 1. The number of alkyl halides is 1. The number of amides is 1. The second kappa shape index (κ2) is 9.97. The average molecular weight is 525 g/mol. The fourth-order valence-corrected chi connectivity index (χ4v) is 5.60. The first-order chi connectivity index (χ1) is 18.8. The third-order valence-corrected chi connectivity index (χ3v) is 7.98. The number of imidazole rings is 1. The van der Waals surface area contributed by atoms with Crippen LogP contribution >= 0.6 is 0 Å². The number of aromatic amines is 1. The minimum atomic E-state index is -0.952. The lowest BCUT2D eigenvalue weighted by molar-refractivity contribution is 0.0936. The molecule has 3 aromatic heterocycles. The molecule has 1 fully saturated rings. The summed E-state index contributed by atoms with van der Waals surface area (Å²) in [6.07, 6.45) is 3.03. The topological polar surface area (TPSA) is 78.8 Å². The molecule has 0 bridgehead atoms. The van der Waals surface area contributed by atoms with Gasteiger partial charge in [0.25, 0.3) is 5.91 Å². The van der Waals surface area contributed by atoms with E-state index in [-0.39, 0.29) is 24.3 Å². The van der Waals surface area contributed by atoms with Crippen LogP contribution in [-0.4, -0.2) is 56.6 Å². The lowest BCUT2D eigenvalue weighted by Gasteiger charge is -2.33. The van der Waals surface area contributed by atoms with E-state index in [0.29, 0.717) is 11.4 Å². The smallest absolute Gasteiger partial charge is 0.270 e. The van der Waals surface area contributed by atoms with E-state index in [2.05, 4.69) is 51.0 Å². The van der Waals surface area contributed by atoms with Crippen molar-refractivity contribution in [3.63, 3.8) is 0 Å². The van der Waals surface area contributed by atoms with Gasteiger partial charge < -0.3 is 19.8 Å². The summed E-state index contributed by atoms with van der Waals surface area (Å²) in [6.45, 7) is 6.43. The molecule has 1 saturated heterocycles. The monoisotopic (exact) mass is 524 g/mol. The molecule has 0 saturated carbocycles. The number of carbonyl (C=O) groups excluding carboxylic acids is 1. The SMILES string of the molecule is Cc1cc(C#CC2(C)CCN(C)CC2)cc(C(=O)NC(c2cc3ccccc3[nH]2)c2ncn3c2C[C@@H](F)C3)n1. The fraction of sp³-hybridized carbons (Fsp3) is 0.387. The molecule has 1 amide bonds. The van der Waals surface area contributed by atoms with Crippen LogP contribution in [0.15, 0.2) is 48.8 Å². The van der Waals surface area contributed by atoms with Gasteiger partial charge in [0.15, 0.2) is 0 Å². The van der Waals surface area contributed by atoms with Crippen LogP contribution in [0.4, 0.5) is 4.39 Å². The van der Waals surface area contributed by atoms with Crippen LogP contribution < -0.4 is 5.32 Å². The summed E-state index contributed by atoms with van der Waals surface area (Å²) < 4.78 is 16.1. The van der Waals surface area contributed by atoms with Crippen molar-refractivity contribution in [1.82, 2.24) is 29.7 Å². The zero-order valence-electron chi connectivity index (χ0n) is 22.6. The summed E-state index contributed by atoms with van der Waals surface area (Å²) >= 11 is 0. The Bertz CT molecular complexity index is 1570. The number of fused-ring (bicyclic) bond motifs is 2. The molecule has 1 aromatic carbocycles. The number of rotatable bonds is 4. The second-order valence-corrected chi connectivity index (χ2v) is 11.2. The third-order valence-electron chi connectivity index (χ3n) is 7.98. The highest BCUT2D eigenvalue weighted by atomic mass is 19.1. The highest BCUT2D eigenvalue weighted by Gasteiger charge is 2.31. The van der Waals surface area contributed by atoms with Crippen LogP contribution in [0.2, 0.25) is 0 Å². The summed E-state index contributed by atoms with van der Waals surface area (Å²) in [5.41, 5.74) is 4.97. The van der Waals surface area contributed by atoms with E-state index in [4.69, 9.17) is 0 Å². The number of aryl methyl sites for hydroxylation is 1. The number of hydrogen-bond acceptors (Lipinski definition) is 4. The van der Waals surface area contributed by atoms with Gasteiger partial charge in [0.05, 0.1) is 18.6 Å². The van der Waals surface area contributed by atoms with Crippen molar-refractivity contribution >= 4 is 16.8 Å². The minimum Gasteiger partial charge on any atom is -0.356 e. The molecule has 2 atom stereocenters. The Labute approximate surface area is 227 Å². The molecular formula is C31H33FN6O. The number of nitrogens with one attached hydrogen (secondary N) is 2. The molecule has 4 aromatic rings. The zero-order valence-corrected chi connectivity index (χ0v) is 22.6. The Hall–Kier alpha value is -3.96. The Kier molecular flexibility index (Phi) is 6.48. The predicted molar refractivity (Wildman–Crippen MR) is 149 cm³/mol. The van der Waals surface area contributed by atoms with Gasteiger partial charge in [-0.25, -0.2) is 14.4 Å². The van der Waals surface area contributed by atoms with Crippen molar-refractivity contribution in [3.8, 4) is 11.8 Å². The van der Waals surface area contributed by atoms with Gasteiger partial charge in [-0.2, -0.15) is 0 Å². The van der Waals surface area contributed by atoms with Gasteiger partial charge in [-0.1, -0.05) is 30.0 Å². The van der Waals surface area contributed by atoms with Crippen molar-refractivity contribution in [3.05, 3.63) is 82.8 Å². The summed E-state index contributed by atoms with van der Waals surface area (Å²) in [6, 6.07) is 13.0. The summed E-state index contributed by atoms with van der Waals surface area (Å²) in [5, 5.41) is 4.17. The predicted octanol–water partition coefficient (Wildman–Crippen LogP) is 4.56. The Morgan fingerprint density at radius 2 is 2.03 bits per heavy atom. The number of para-hydroxylation sites is 1. The van der Waals surface area contributed by atoms with Crippen molar-refractivity contribution in [2.45, 2.75) is 51.9 Å². The summed E-state index contributed by atoms with van der Waals surface area (Å²) in [4.78, 5) is 28.6. The lowest BCUT2D eigenvalue weighted by atomic mass is 9.81. The molecule has 1 unspecified atom stereocenters. The van der Waals surface area contributed by atoms with Gasteiger partial charge >= 0.3 is 0 Å². The number of aromatic nitrogens is 4. The standard InChI is InChI=1S/C31H33FN6O/c1-20-14-21(8-9-31(2)10-12-37(3)13-11-31)15-26(34-20)30(39)36-28(25-16-22-6-4-5-7-24(22)35-25)29-27-17-23(32)18-38(27)19-33-29/h4-7,14-16,19,23,28,35H,10-13,17-18H2,1-3H3,(H,36,39)/t23-,28?/m1/s1. The number of nitrogens with zero attached hydrogens (tertiary/aromatic N) is 4. The van der Waals surface area contributed by atoms with E-state index in [0.717, 1.165) is 59.5 Å². The lowest BCUT2D eigenvalue weighted by Crippen LogP contribution is -2.35. The molecular weight excluding hydrogens is 491 g/mol. The molecule has 200 valence electrons. The summed E-state index contributed by atoms with van der Waals surface area (Å²) in [7, 11) is 2.14. The van der Waals surface area contributed by atoms with E-state index in [1.807, 2.05) is 47.9 Å². The van der Waals surface area contributed by atoms with Crippen molar-refractivity contribution in [2.24, 2.45) is 5.41 Å². The maximum Gasteiger partial charge on any atom is 0.270 e. The first-order valence-corrected chi connectivity index (χ1v) is 13.5. The first-order valence-electron chi connectivity index (χ1n) is 13.5. The molecule has 2 aliphatic rings. The van der Waals surface area contributed by atoms with Gasteiger partial charge in [0.1, 0.15) is 17.9 Å². The van der Waals surface area contributed by atoms with Gasteiger partial charge in [-0.3, -0.25) is 4.79 Å². The van der Waals surface area contributed by atoms with Crippen LogP contribution in [-0.2, 0) is 13.0 Å². The van der Waals surface area contributed by atoms with Crippen molar-refractivity contribution < 1.29 is 9.18 Å². The maximum absolute atomic E-state index is 14.3. The van der Waals surface area contributed by atoms with Gasteiger partial charge in [-0.05, 0) is 76.5 Å². The van der Waals surface area contributed by atoms with E-state index in [1.54, 1.807) is 12.4 Å². The number of piperidine rings is 1. The van der Waals surface area contributed by atoms with Gasteiger partial charge in [0, 0.05) is 40.0 Å². The Morgan fingerprint density at radius 1 is 1.23 bits per heavy atom. The van der Waals surface area contributed by atoms with Crippen molar-refractivity contribution in [2.75, 3.05) is 20.1 Å². The largest absolute Gasteiger partial charge is 0.356 e. The number of H-pyrrole nitrogens is 1. The molecule has 7 nitrogen and oxygen atoms in total. The van der Waals surface area contributed by atoms with Crippen LogP contribution in [0.25, 0.3) is 10.9 Å². The normalized spacial score (nSPS) is 19.3. The molecule has 2 N–H and O–H groups in total. The van der Waals surface area contributed by atoms with Crippen molar-refractivity contribution in [1.29, 1.82) is 0 Å². The van der Waals surface area contributed by atoms with E-state index in [1.165, 1.54) is 0 Å².